The number of nitrogens with two attached hydrogens (primary N) is 1. The molecule has 1 amide bonds. The second-order valence-corrected chi connectivity index (χ2v) is 6.62. The molecule has 3 N–H and O–H groups in total. The van der Waals surface area contributed by atoms with E-state index in [0.717, 1.165) is 25.2 Å². The molecule has 5 nitrogen and oxygen atoms in total. The molecular weight excluding hydrogens is 290 g/mol. The minimum atomic E-state index is -0.139. The molecule has 2 rings (SSSR count). The number of amides is 1. The largest absolute Gasteiger partial charge is 0.373 e. The van der Waals surface area contributed by atoms with Crippen LogP contribution in [0.3, 0.4) is 0 Å². The molecule has 1 aromatic rings. The first kappa shape index (κ1) is 17.9. The minimum absolute atomic E-state index is 0.00729. The van der Waals surface area contributed by atoms with E-state index in [-0.39, 0.29) is 24.0 Å². The van der Waals surface area contributed by atoms with Crippen LogP contribution in [0.4, 0.5) is 0 Å². The molecule has 0 aliphatic carbocycles. The highest BCUT2D eigenvalue weighted by molar-refractivity contribution is 5.78. The molecule has 0 radical (unpaired) electrons. The zero-order chi connectivity index (χ0) is 16.8. The van der Waals surface area contributed by atoms with Crippen molar-refractivity contribution in [3.63, 3.8) is 0 Å². The fourth-order valence-corrected chi connectivity index (χ4v) is 2.90. The molecule has 1 aliphatic heterocycles. The van der Waals surface area contributed by atoms with Crippen molar-refractivity contribution in [3.8, 4) is 0 Å². The predicted molar refractivity (Wildman–Crippen MR) is 91.8 cm³/mol. The van der Waals surface area contributed by atoms with Crippen LogP contribution >= 0.6 is 0 Å². The van der Waals surface area contributed by atoms with E-state index in [1.807, 2.05) is 6.92 Å². The maximum Gasteiger partial charge on any atom is 0.224 e. The van der Waals surface area contributed by atoms with Gasteiger partial charge in [-0.05, 0) is 25.0 Å². The van der Waals surface area contributed by atoms with Crippen molar-refractivity contribution in [1.82, 2.24) is 10.2 Å². The van der Waals surface area contributed by atoms with Gasteiger partial charge in [-0.2, -0.15) is 0 Å². The standard InChI is InChI=1S/C18H29N3O2/c1-13(8-19)18(22)20-9-16-4-6-17(7-5-16)12-21-10-14(2)23-15(3)11-21/h4-7,13-15H,8-12,19H2,1-3H3,(H,20,22). The van der Waals surface area contributed by atoms with Crippen molar-refractivity contribution < 1.29 is 9.53 Å². The summed E-state index contributed by atoms with van der Waals surface area (Å²) in [6, 6.07) is 8.43. The van der Waals surface area contributed by atoms with Crippen LogP contribution in [0, 0.1) is 5.92 Å². The SMILES string of the molecule is CC1CN(Cc2ccc(CNC(=O)C(C)CN)cc2)CC(C)O1. The van der Waals surface area contributed by atoms with Gasteiger partial charge in [0.1, 0.15) is 0 Å². The highest BCUT2D eigenvalue weighted by Crippen LogP contribution is 2.14. The van der Waals surface area contributed by atoms with Crippen LogP contribution < -0.4 is 11.1 Å². The lowest BCUT2D eigenvalue weighted by atomic mass is 10.1. The number of rotatable bonds is 6. The Morgan fingerprint density at radius 1 is 1.26 bits per heavy atom. The van der Waals surface area contributed by atoms with Gasteiger partial charge < -0.3 is 15.8 Å². The summed E-state index contributed by atoms with van der Waals surface area (Å²) < 4.78 is 5.77. The lowest BCUT2D eigenvalue weighted by Gasteiger charge is -2.35. The molecule has 1 fully saturated rings. The third-order valence-electron chi connectivity index (χ3n) is 4.19. The Morgan fingerprint density at radius 2 is 1.83 bits per heavy atom. The number of benzene rings is 1. The molecule has 1 aliphatic rings. The summed E-state index contributed by atoms with van der Waals surface area (Å²) >= 11 is 0. The van der Waals surface area contributed by atoms with E-state index < -0.39 is 0 Å². The van der Waals surface area contributed by atoms with Gasteiger partial charge in [0.25, 0.3) is 0 Å². The zero-order valence-electron chi connectivity index (χ0n) is 14.4. The molecule has 0 aromatic heterocycles. The number of hydrogen-bond acceptors (Lipinski definition) is 4. The summed E-state index contributed by atoms with van der Waals surface area (Å²) in [5.41, 5.74) is 7.89. The highest BCUT2D eigenvalue weighted by atomic mass is 16.5. The first-order valence-electron chi connectivity index (χ1n) is 8.41. The van der Waals surface area contributed by atoms with Crippen LogP contribution in [-0.4, -0.2) is 42.6 Å². The number of carbonyl (C=O) groups is 1. The van der Waals surface area contributed by atoms with E-state index in [1.54, 1.807) is 0 Å². The Hall–Kier alpha value is -1.43. The van der Waals surface area contributed by atoms with Gasteiger partial charge in [-0.15, -0.1) is 0 Å². The van der Waals surface area contributed by atoms with Crippen molar-refractivity contribution in [2.75, 3.05) is 19.6 Å². The molecule has 1 aromatic carbocycles. The van der Waals surface area contributed by atoms with Crippen molar-refractivity contribution in [2.45, 2.75) is 46.1 Å². The second-order valence-electron chi connectivity index (χ2n) is 6.62. The number of nitrogens with zero attached hydrogens (tertiary/aromatic N) is 1. The summed E-state index contributed by atoms with van der Waals surface area (Å²) in [6.07, 6.45) is 0.579. The van der Waals surface area contributed by atoms with Crippen LogP contribution in [0.15, 0.2) is 24.3 Å². The molecule has 1 heterocycles. The second kappa shape index (κ2) is 8.43. The van der Waals surface area contributed by atoms with Gasteiger partial charge in [-0.3, -0.25) is 9.69 Å². The Balaban J connectivity index is 1.83. The highest BCUT2D eigenvalue weighted by Gasteiger charge is 2.21. The fourth-order valence-electron chi connectivity index (χ4n) is 2.90. The lowest BCUT2D eigenvalue weighted by Crippen LogP contribution is -2.44. The van der Waals surface area contributed by atoms with Gasteiger partial charge in [0.2, 0.25) is 5.91 Å². The molecule has 5 heteroatoms. The van der Waals surface area contributed by atoms with Crippen LogP contribution in [-0.2, 0) is 22.6 Å². The molecule has 0 spiro atoms. The third-order valence-corrected chi connectivity index (χ3v) is 4.19. The van der Waals surface area contributed by atoms with Crippen LogP contribution in [0.5, 0.6) is 0 Å². The van der Waals surface area contributed by atoms with Crippen LogP contribution in [0.2, 0.25) is 0 Å². The zero-order valence-corrected chi connectivity index (χ0v) is 14.4. The van der Waals surface area contributed by atoms with E-state index >= 15 is 0 Å². The molecule has 3 unspecified atom stereocenters. The number of ether oxygens (including phenoxy) is 1. The van der Waals surface area contributed by atoms with Crippen molar-refractivity contribution in [1.29, 1.82) is 0 Å². The van der Waals surface area contributed by atoms with Crippen LogP contribution in [0.1, 0.15) is 31.9 Å². The topological polar surface area (TPSA) is 67.6 Å². The van der Waals surface area contributed by atoms with Gasteiger partial charge in [-0.25, -0.2) is 0 Å². The average molecular weight is 319 g/mol. The maximum absolute atomic E-state index is 11.7. The number of carbonyl (C=O) groups excluding carboxylic acids is 1. The fraction of sp³-hybridized carbons (Fsp3) is 0.611. The van der Waals surface area contributed by atoms with Crippen molar-refractivity contribution in [2.24, 2.45) is 11.7 Å². The summed E-state index contributed by atoms with van der Waals surface area (Å²) in [7, 11) is 0. The summed E-state index contributed by atoms with van der Waals surface area (Å²) in [4.78, 5) is 14.2. The van der Waals surface area contributed by atoms with Gasteiger partial charge >= 0.3 is 0 Å². The van der Waals surface area contributed by atoms with Crippen molar-refractivity contribution >= 4 is 5.91 Å². The predicted octanol–water partition coefficient (Wildman–Crippen LogP) is 1.51. The summed E-state index contributed by atoms with van der Waals surface area (Å²) in [5, 5.41) is 2.92. The van der Waals surface area contributed by atoms with E-state index in [1.165, 1.54) is 5.56 Å². The first-order chi connectivity index (χ1) is 11.0. The van der Waals surface area contributed by atoms with Gasteiger partial charge in [-0.1, -0.05) is 31.2 Å². The Morgan fingerprint density at radius 3 is 2.39 bits per heavy atom. The monoisotopic (exact) mass is 319 g/mol. The Bertz CT molecular complexity index is 493. The number of morpholine rings is 1. The van der Waals surface area contributed by atoms with Gasteiger partial charge in [0, 0.05) is 38.6 Å². The molecule has 0 saturated carbocycles. The Kier molecular flexibility index (Phi) is 6.57. The average Bonchev–Trinajstić information content (AvgIpc) is 2.52. The molecular formula is C18H29N3O2. The van der Waals surface area contributed by atoms with E-state index in [2.05, 4.69) is 48.3 Å². The van der Waals surface area contributed by atoms with E-state index in [4.69, 9.17) is 10.5 Å². The van der Waals surface area contributed by atoms with Crippen molar-refractivity contribution in [3.05, 3.63) is 35.4 Å². The first-order valence-corrected chi connectivity index (χ1v) is 8.41. The van der Waals surface area contributed by atoms with E-state index in [0.29, 0.717) is 13.1 Å². The molecule has 1 saturated heterocycles. The van der Waals surface area contributed by atoms with E-state index in [9.17, 15) is 4.79 Å². The third kappa shape index (κ3) is 5.61. The maximum atomic E-state index is 11.7. The van der Waals surface area contributed by atoms with Crippen LogP contribution in [0.25, 0.3) is 0 Å². The number of nitrogens with one attached hydrogen (secondary N) is 1. The molecule has 23 heavy (non-hydrogen) atoms. The number of hydrogen-bond donors (Lipinski definition) is 2. The Labute approximate surface area is 139 Å². The summed E-state index contributed by atoms with van der Waals surface area (Å²) in [5.74, 6) is -0.132. The minimum Gasteiger partial charge on any atom is -0.373 e. The van der Waals surface area contributed by atoms with Gasteiger partial charge in [0.15, 0.2) is 0 Å². The molecule has 128 valence electrons. The molecule has 0 bridgehead atoms. The lowest BCUT2D eigenvalue weighted by molar-refractivity contribution is -0.124. The van der Waals surface area contributed by atoms with Gasteiger partial charge in [0.05, 0.1) is 12.2 Å². The normalized spacial score (nSPS) is 23.5. The quantitative estimate of drug-likeness (QED) is 0.834. The molecule has 3 atom stereocenters. The smallest absolute Gasteiger partial charge is 0.224 e. The summed E-state index contributed by atoms with van der Waals surface area (Å²) in [6.45, 7) is 9.89.